The van der Waals surface area contributed by atoms with Gasteiger partial charge in [-0.05, 0) is 48.6 Å². The molecular formula is C30H40N2O7S. The van der Waals surface area contributed by atoms with Gasteiger partial charge in [0.25, 0.3) is 0 Å². The number of hydrogen-bond acceptors (Lipinski definition) is 8. The molecule has 3 N–H and O–H groups in total. The number of carbonyl (C=O) groups excluding carboxylic acids is 1. The molecule has 218 valence electrons. The van der Waals surface area contributed by atoms with E-state index in [-0.39, 0.29) is 60.5 Å². The van der Waals surface area contributed by atoms with E-state index in [9.17, 15) is 18.3 Å². The number of carbonyl (C=O) groups is 1. The van der Waals surface area contributed by atoms with E-state index in [0.717, 1.165) is 12.0 Å². The van der Waals surface area contributed by atoms with Gasteiger partial charge in [-0.15, -0.1) is 0 Å². The molecule has 2 aromatic carbocycles. The van der Waals surface area contributed by atoms with Gasteiger partial charge in [-0.1, -0.05) is 44.2 Å². The molecule has 2 aliphatic heterocycles. The van der Waals surface area contributed by atoms with Crippen LogP contribution in [0.1, 0.15) is 32.3 Å². The van der Waals surface area contributed by atoms with Gasteiger partial charge in [0.05, 0.1) is 30.6 Å². The van der Waals surface area contributed by atoms with Crippen molar-refractivity contribution in [3.8, 4) is 0 Å². The van der Waals surface area contributed by atoms with E-state index in [1.807, 2.05) is 44.2 Å². The van der Waals surface area contributed by atoms with Gasteiger partial charge in [0.2, 0.25) is 10.0 Å². The Balaban J connectivity index is 1.33. The molecular weight excluding hydrogens is 532 g/mol. The molecule has 0 amide bonds. The first kappa shape index (κ1) is 29.0. The van der Waals surface area contributed by atoms with E-state index < -0.39 is 28.0 Å². The SMILES string of the molecule is CC(C)CN(C[C@@H](O)[C@@H](CC(=O)OC1C2COC3OCC1C3C2)Cc1ccccc1)S(=O)(=O)c1ccc(N)cc1. The van der Waals surface area contributed by atoms with Gasteiger partial charge in [0.1, 0.15) is 6.10 Å². The summed E-state index contributed by atoms with van der Waals surface area (Å²) in [6.07, 6.45) is -0.255. The number of sulfonamides is 1. The fourth-order valence-electron chi connectivity index (χ4n) is 6.35. The summed E-state index contributed by atoms with van der Waals surface area (Å²) >= 11 is 0. The Morgan fingerprint density at radius 3 is 2.45 bits per heavy atom. The van der Waals surface area contributed by atoms with Gasteiger partial charge in [0.15, 0.2) is 6.29 Å². The van der Waals surface area contributed by atoms with Crippen molar-refractivity contribution in [1.82, 2.24) is 4.31 Å². The summed E-state index contributed by atoms with van der Waals surface area (Å²) in [4.78, 5) is 13.4. The predicted octanol–water partition coefficient (Wildman–Crippen LogP) is 3.08. The van der Waals surface area contributed by atoms with Crippen LogP contribution < -0.4 is 5.73 Å². The zero-order valence-corrected chi connectivity index (χ0v) is 23.9. The highest BCUT2D eigenvalue weighted by molar-refractivity contribution is 7.89. The van der Waals surface area contributed by atoms with E-state index >= 15 is 0 Å². The van der Waals surface area contributed by atoms with Gasteiger partial charge in [-0.3, -0.25) is 4.79 Å². The lowest BCUT2D eigenvalue weighted by molar-refractivity contribution is -0.178. The molecule has 9 nitrogen and oxygen atoms in total. The molecule has 7 atom stereocenters. The van der Waals surface area contributed by atoms with E-state index in [1.54, 1.807) is 12.1 Å². The van der Waals surface area contributed by atoms with Crippen LogP contribution in [0, 0.1) is 29.6 Å². The minimum atomic E-state index is -3.90. The number of rotatable bonds is 12. The number of anilines is 1. The van der Waals surface area contributed by atoms with Crippen molar-refractivity contribution >= 4 is 21.7 Å². The van der Waals surface area contributed by atoms with Crippen molar-refractivity contribution in [1.29, 1.82) is 0 Å². The maximum absolute atomic E-state index is 13.6. The number of aliphatic hydroxyl groups excluding tert-OH is 1. The molecule has 0 aromatic heterocycles. The molecule has 3 fully saturated rings. The number of benzene rings is 2. The highest BCUT2D eigenvalue weighted by Crippen LogP contribution is 2.49. The zero-order valence-electron chi connectivity index (χ0n) is 23.1. The van der Waals surface area contributed by atoms with Gasteiger partial charge >= 0.3 is 5.97 Å². The third kappa shape index (κ3) is 6.36. The molecule has 0 radical (unpaired) electrons. The van der Waals surface area contributed by atoms with Gasteiger partial charge in [-0.25, -0.2) is 8.42 Å². The van der Waals surface area contributed by atoms with Crippen molar-refractivity contribution in [2.75, 3.05) is 32.0 Å². The summed E-state index contributed by atoms with van der Waals surface area (Å²) < 4.78 is 46.1. The molecule has 1 aliphatic carbocycles. The smallest absolute Gasteiger partial charge is 0.306 e. The number of fused-ring (bicyclic) bond motifs is 1. The maximum Gasteiger partial charge on any atom is 0.306 e. The predicted molar refractivity (Wildman–Crippen MR) is 149 cm³/mol. The third-order valence-electron chi connectivity index (χ3n) is 8.35. The maximum atomic E-state index is 13.6. The van der Waals surface area contributed by atoms with Crippen LogP contribution in [-0.4, -0.2) is 68.6 Å². The average molecular weight is 573 g/mol. The van der Waals surface area contributed by atoms with Crippen molar-refractivity contribution in [2.24, 2.45) is 29.6 Å². The second-order valence-electron chi connectivity index (χ2n) is 11.8. The third-order valence-corrected chi connectivity index (χ3v) is 10.2. The molecule has 5 unspecified atom stereocenters. The molecule has 3 aliphatic rings. The van der Waals surface area contributed by atoms with Crippen molar-refractivity contribution in [2.45, 2.75) is 56.5 Å². The van der Waals surface area contributed by atoms with Crippen LogP contribution >= 0.6 is 0 Å². The summed E-state index contributed by atoms with van der Waals surface area (Å²) in [6.45, 7) is 4.97. The molecule has 2 saturated heterocycles. The Labute approximate surface area is 236 Å². The summed E-state index contributed by atoms with van der Waals surface area (Å²) in [5.74, 6) is -0.373. The Morgan fingerprint density at radius 2 is 1.75 bits per heavy atom. The number of nitrogens with two attached hydrogens (primary N) is 1. The van der Waals surface area contributed by atoms with Gasteiger partial charge in [-0.2, -0.15) is 4.31 Å². The van der Waals surface area contributed by atoms with Crippen LogP contribution in [0.4, 0.5) is 5.69 Å². The lowest BCUT2D eigenvalue weighted by atomic mass is 9.90. The molecule has 40 heavy (non-hydrogen) atoms. The van der Waals surface area contributed by atoms with Crippen molar-refractivity contribution in [3.63, 3.8) is 0 Å². The number of nitrogen functional groups attached to an aromatic ring is 1. The fraction of sp³-hybridized carbons (Fsp3) is 0.567. The minimum Gasteiger partial charge on any atom is -0.462 e. The topological polar surface area (TPSA) is 128 Å². The first-order valence-corrected chi connectivity index (χ1v) is 15.6. The first-order chi connectivity index (χ1) is 19.1. The molecule has 2 heterocycles. The number of esters is 1. The normalized spacial score (nSPS) is 27.2. The summed E-state index contributed by atoms with van der Waals surface area (Å²) in [5, 5.41) is 11.5. The standard InChI is InChI=1S/C30H40N2O7S/c1-19(2)15-32(40(35,36)24-10-8-23(31)9-11-24)16-27(33)21(12-20-6-4-3-5-7-20)14-28(34)39-29-22-13-25-26(29)18-38-30(25)37-17-22/h3-11,19,21-22,25-27,29-30,33H,12-18,31H2,1-2H3/t21-,22?,25?,26?,27-,29?,30?/m1/s1. The molecule has 2 bridgehead atoms. The fourth-order valence-corrected chi connectivity index (χ4v) is 7.97. The van der Waals surface area contributed by atoms with Crippen LogP contribution in [0.2, 0.25) is 0 Å². The summed E-state index contributed by atoms with van der Waals surface area (Å²) in [7, 11) is -3.90. The van der Waals surface area contributed by atoms with Crippen LogP contribution in [0.25, 0.3) is 0 Å². The van der Waals surface area contributed by atoms with Gasteiger partial charge in [0, 0.05) is 42.4 Å². The molecule has 0 spiro atoms. The van der Waals surface area contributed by atoms with Crippen molar-refractivity contribution in [3.05, 3.63) is 60.2 Å². The van der Waals surface area contributed by atoms with Crippen LogP contribution in [-0.2, 0) is 35.4 Å². The second-order valence-corrected chi connectivity index (χ2v) is 13.8. The van der Waals surface area contributed by atoms with Crippen molar-refractivity contribution < 1.29 is 32.5 Å². The lowest BCUT2D eigenvalue weighted by Gasteiger charge is -2.31. The Hall–Kier alpha value is -2.50. The number of nitrogens with zero attached hydrogens (tertiary/aromatic N) is 1. The first-order valence-electron chi connectivity index (χ1n) is 14.1. The number of ether oxygens (including phenoxy) is 3. The molecule has 10 heteroatoms. The molecule has 2 aromatic rings. The minimum absolute atomic E-state index is 0.0229. The Kier molecular flexibility index (Phi) is 8.82. The van der Waals surface area contributed by atoms with Gasteiger partial charge < -0.3 is 25.1 Å². The monoisotopic (exact) mass is 572 g/mol. The quantitative estimate of drug-likeness (QED) is 0.293. The van der Waals surface area contributed by atoms with Crippen LogP contribution in [0.15, 0.2) is 59.5 Å². The molecule has 5 rings (SSSR count). The zero-order chi connectivity index (χ0) is 28.4. The lowest BCUT2D eigenvalue weighted by Crippen LogP contribution is -2.43. The number of hydrogen-bond donors (Lipinski definition) is 2. The Morgan fingerprint density at radius 1 is 1.05 bits per heavy atom. The molecule has 1 saturated carbocycles. The van der Waals surface area contributed by atoms with E-state index in [1.165, 1.54) is 16.4 Å². The highest BCUT2D eigenvalue weighted by Gasteiger charge is 2.56. The van der Waals surface area contributed by atoms with E-state index in [0.29, 0.717) is 25.3 Å². The summed E-state index contributed by atoms with van der Waals surface area (Å²) in [6, 6.07) is 15.6. The average Bonchev–Trinajstić information content (AvgIpc) is 3.45. The second kappa shape index (κ2) is 12.2. The number of aliphatic hydroxyl groups is 1. The van der Waals surface area contributed by atoms with Crippen LogP contribution in [0.3, 0.4) is 0 Å². The Bertz CT molecular complexity index is 1250. The largest absolute Gasteiger partial charge is 0.462 e. The summed E-state index contributed by atoms with van der Waals surface area (Å²) in [5.41, 5.74) is 7.19. The van der Waals surface area contributed by atoms with E-state index in [4.69, 9.17) is 19.9 Å². The van der Waals surface area contributed by atoms with Crippen LogP contribution in [0.5, 0.6) is 0 Å². The highest BCUT2D eigenvalue weighted by atomic mass is 32.2. The van der Waals surface area contributed by atoms with E-state index in [2.05, 4.69) is 0 Å².